The molecule has 29 heavy (non-hydrogen) atoms. The number of rotatable bonds is 7. The molecule has 1 fully saturated rings. The number of ether oxygens (including phenoxy) is 1. The molecule has 160 valence electrons. The van der Waals surface area contributed by atoms with Gasteiger partial charge in [-0.05, 0) is 44.0 Å². The Hall–Kier alpha value is -1.62. The summed E-state index contributed by atoms with van der Waals surface area (Å²) < 4.78 is 69.9. The second-order valence-corrected chi connectivity index (χ2v) is 10.0. The average molecular weight is 450 g/mol. The standard InChI is InChI=1S/C19H22F3NO4S2/c1-13(24)15-8-9-17(28-15)18(10-4-5-11-18)12-23-29(25,26)16-7-3-2-6-14(16)27-19(20,21)22/h2-3,6-9,13,23-24H,4-5,10-12H2,1H3. The highest BCUT2D eigenvalue weighted by atomic mass is 32.2. The Morgan fingerprint density at radius 1 is 1.21 bits per heavy atom. The molecule has 2 N–H and O–H groups in total. The number of para-hydroxylation sites is 1. The highest BCUT2D eigenvalue weighted by Crippen LogP contribution is 2.44. The smallest absolute Gasteiger partial charge is 0.404 e. The summed E-state index contributed by atoms with van der Waals surface area (Å²) in [6, 6.07) is 8.40. The third kappa shape index (κ3) is 5.11. The second kappa shape index (κ2) is 8.25. The molecule has 1 heterocycles. The van der Waals surface area contributed by atoms with Crippen LogP contribution in [0.3, 0.4) is 0 Å². The van der Waals surface area contributed by atoms with E-state index in [1.807, 2.05) is 12.1 Å². The summed E-state index contributed by atoms with van der Waals surface area (Å²) in [7, 11) is -4.23. The van der Waals surface area contributed by atoms with Crippen LogP contribution < -0.4 is 9.46 Å². The first-order valence-corrected chi connectivity index (χ1v) is 11.5. The number of aliphatic hydroxyl groups excluding tert-OH is 1. The lowest BCUT2D eigenvalue weighted by Crippen LogP contribution is -2.38. The van der Waals surface area contributed by atoms with Gasteiger partial charge in [0.15, 0.2) is 0 Å². The number of hydrogen-bond donors (Lipinski definition) is 2. The fraction of sp³-hybridized carbons (Fsp3) is 0.474. The molecular formula is C19H22F3NO4S2. The third-order valence-corrected chi connectivity index (χ3v) is 8.03. The topological polar surface area (TPSA) is 75.6 Å². The summed E-state index contributed by atoms with van der Waals surface area (Å²) in [5.74, 6) is -0.763. The summed E-state index contributed by atoms with van der Waals surface area (Å²) in [6.45, 7) is 1.73. The Labute approximate surface area is 171 Å². The molecule has 10 heteroatoms. The maximum atomic E-state index is 12.8. The maximum absolute atomic E-state index is 12.8. The van der Waals surface area contributed by atoms with Crippen LogP contribution in [0, 0.1) is 0 Å². The summed E-state index contributed by atoms with van der Waals surface area (Å²) >= 11 is 1.44. The normalized spacial score (nSPS) is 18.0. The molecule has 1 aromatic heterocycles. The van der Waals surface area contributed by atoms with Gasteiger partial charge in [0, 0.05) is 21.7 Å². The number of nitrogens with one attached hydrogen (secondary N) is 1. The minimum Gasteiger partial charge on any atom is -0.404 e. The Morgan fingerprint density at radius 2 is 1.86 bits per heavy atom. The van der Waals surface area contributed by atoms with Gasteiger partial charge in [-0.1, -0.05) is 25.0 Å². The van der Waals surface area contributed by atoms with Crippen LogP contribution in [0.2, 0.25) is 0 Å². The lowest BCUT2D eigenvalue weighted by molar-refractivity contribution is -0.275. The van der Waals surface area contributed by atoms with Gasteiger partial charge in [0.1, 0.15) is 10.6 Å². The van der Waals surface area contributed by atoms with Crippen molar-refractivity contribution < 1.29 is 31.4 Å². The molecule has 0 aliphatic heterocycles. The lowest BCUT2D eigenvalue weighted by Gasteiger charge is -2.28. The molecule has 1 aliphatic rings. The Bertz CT molecular complexity index is 948. The van der Waals surface area contributed by atoms with E-state index in [4.69, 9.17) is 0 Å². The van der Waals surface area contributed by atoms with E-state index in [0.29, 0.717) is 0 Å². The zero-order valence-corrected chi connectivity index (χ0v) is 17.3. The van der Waals surface area contributed by atoms with Gasteiger partial charge >= 0.3 is 6.36 Å². The van der Waals surface area contributed by atoms with Crippen molar-refractivity contribution >= 4 is 21.4 Å². The van der Waals surface area contributed by atoms with Gasteiger partial charge in [0.2, 0.25) is 10.0 Å². The molecule has 1 saturated carbocycles. The SMILES string of the molecule is CC(O)c1ccc(C2(CNS(=O)(=O)c3ccccc3OC(F)(F)F)CCCC2)s1. The predicted octanol–water partition coefficient (Wildman–Crippen LogP) is 4.49. The largest absolute Gasteiger partial charge is 0.573 e. The molecule has 1 unspecified atom stereocenters. The maximum Gasteiger partial charge on any atom is 0.573 e. The van der Waals surface area contributed by atoms with Crippen molar-refractivity contribution in [2.45, 2.75) is 55.4 Å². The monoisotopic (exact) mass is 449 g/mol. The van der Waals surface area contributed by atoms with Crippen LogP contribution in [0.25, 0.3) is 0 Å². The third-order valence-electron chi connectivity index (χ3n) is 5.09. The van der Waals surface area contributed by atoms with Gasteiger partial charge in [-0.15, -0.1) is 24.5 Å². The Balaban J connectivity index is 1.85. The van der Waals surface area contributed by atoms with Crippen LogP contribution in [0.1, 0.15) is 48.5 Å². The second-order valence-electron chi connectivity index (χ2n) is 7.18. The van der Waals surface area contributed by atoms with Crippen LogP contribution in [-0.4, -0.2) is 26.4 Å². The van der Waals surface area contributed by atoms with Crippen molar-refractivity contribution in [2.75, 3.05) is 6.54 Å². The molecule has 0 bridgehead atoms. The first-order chi connectivity index (χ1) is 13.5. The molecule has 1 atom stereocenters. The molecule has 0 saturated heterocycles. The molecule has 0 amide bonds. The van der Waals surface area contributed by atoms with E-state index in [9.17, 15) is 26.7 Å². The molecule has 0 spiro atoms. The zero-order valence-electron chi connectivity index (χ0n) is 15.7. The molecule has 1 aromatic carbocycles. The minimum atomic E-state index is -4.99. The van der Waals surface area contributed by atoms with Crippen LogP contribution in [0.5, 0.6) is 5.75 Å². The molecule has 0 radical (unpaired) electrons. The van der Waals surface area contributed by atoms with E-state index in [2.05, 4.69) is 9.46 Å². The summed E-state index contributed by atoms with van der Waals surface area (Å²) in [6.07, 6.45) is -2.23. The van der Waals surface area contributed by atoms with Gasteiger partial charge in [-0.3, -0.25) is 0 Å². The van der Waals surface area contributed by atoms with Crippen LogP contribution >= 0.6 is 11.3 Å². The molecule has 5 nitrogen and oxygen atoms in total. The summed E-state index contributed by atoms with van der Waals surface area (Å²) in [5, 5.41) is 9.79. The minimum absolute atomic E-state index is 0.0649. The van der Waals surface area contributed by atoms with Crippen molar-refractivity contribution in [3.63, 3.8) is 0 Å². The van der Waals surface area contributed by atoms with E-state index in [1.54, 1.807) is 6.92 Å². The van der Waals surface area contributed by atoms with E-state index < -0.39 is 38.5 Å². The summed E-state index contributed by atoms with van der Waals surface area (Å²) in [5.41, 5.74) is -0.440. The van der Waals surface area contributed by atoms with Gasteiger partial charge < -0.3 is 9.84 Å². The summed E-state index contributed by atoms with van der Waals surface area (Å²) in [4.78, 5) is 1.20. The number of halogens is 3. The highest BCUT2D eigenvalue weighted by molar-refractivity contribution is 7.89. The van der Waals surface area contributed by atoms with E-state index in [-0.39, 0.29) is 6.54 Å². The van der Waals surface area contributed by atoms with Crippen molar-refractivity contribution in [3.05, 3.63) is 46.2 Å². The predicted molar refractivity (Wildman–Crippen MR) is 103 cm³/mol. The van der Waals surface area contributed by atoms with E-state index >= 15 is 0 Å². The number of hydrogen-bond acceptors (Lipinski definition) is 5. The first kappa shape index (κ1) is 22.1. The van der Waals surface area contributed by atoms with Crippen LogP contribution in [0.4, 0.5) is 13.2 Å². The Morgan fingerprint density at radius 3 is 2.45 bits per heavy atom. The fourth-order valence-corrected chi connectivity index (χ4v) is 6.06. The van der Waals surface area contributed by atoms with Gasteiger partial charge in [-0.2, -0.15) is 0 Å². The number of thiophene rings is 1. The Kier molecular flexibility index (Phi) is 6.28. The van der Waals surface area contributed by atoms with Crippen molar-refractivity contribution in [2.24, 2.45) is 0 Å². The van der Waals surface area contributed by atoms with Crippen LogP contribution in [0.15, 0.2) is 41.3 Å². The number of sulfonamides is 1. The number of benzene rings is 1. The van der Waals surface area contributed by atoms with Crippen molar-refractivity contribution in [3.8, 4) is 5.75 Å². The fourth-order valence-electron chi connectivity index (χ4n) is 3.62. The van der Waals surface area contributed by atoms with Crippen molar-refractivity contribution in [1.82, 2.24) is 4.72 Å². The molecule has 1 aliphatic carbocycles. The molecule has 2 aromatic rings. The molecular weight excluding hydrogens is 427 g/mol. The average Bonchev–Trinajstić information content (AvgIpc) is 3.29. The van der Waals surface area contributed by atoms with Gasteiger partial charge in [-0.25, -0.2) is 13.1 Å². The quantitative estimate of drug-likeness (QED) is 0.653. The van der Waals surface area contributed by atoms with E-state index in [0.717, 1.165) is 47.6 Å². The lowest BCUT2D eigenvalue weighted by atomic mass is 9.85. The zero-order chi connectivity index (χ0) is 21.3. The van der Waals surface area contributed by atoms with E-state index in [1.165, 1.54) is 23.5 Å². The molecule has 3 rings (SSSR count). The first-order valence-electron chi connectivity index (χ1n) is 9.15. The van der Waals surface area contributed by atoms with Gasteiger partial charge in [0.05, 0.1) is 6.10 Å². The van der Waals surface area contributed by atoms with Crippen molar-refractivity contribution in [1.29, 1.82) is 0 Å². The number of alkyl halides is 3. The van der Waals surface area contributed by atoms with Crippen LogP contribution in [-0.2, 0) is 15.4 Å². The number of aliphatic hydroxyl groups is 1. The van der Waals surface area contributed by atoms with Gasteiger partial charge in [0.25, 0.3) is 0 Å². The highest BCUT2D eigenvalue weighted by Gasteiger charge is 2.39.